The monoisotopic (exact) mass is 462 g/mol. The van der Waals surface area contributed by atoms with Gasteiger partial charge in [-0.15, -0.1) is 0 Å². The minimum absolute atomic E-state index is 0.184. The summed E-state index contributed by atoms with van der Waals surface area (Å²) in [7, 11) is -3.99. The summed E-state index contributed by atoms with van der Waals surface area (Å²) >= 11 is 0. The quantitative estimate of drug-likeness (QED) is 0.114. The van der Waals surface area contributed by atoms with E-state index in [2.05, 4.69) is 13.8 Å². The summed E-state index contributed by atoms with van der Waals surface area (Å²) < 4.78 is 23.6. The van der Waals surface area contributed by atoms with Crippen LogP contribution in [0.4, 0.5) is 0 Å². The van der Waals surface area contributed by atoms with Gasteiger partial charge in [0.2, 0.25) is 0 Å². The van der Waals surface area contributed by atoms with E-state index in [0.717, 1.165) is 38.5 Å². The maximum Gasteiger partial charge on any atom is 0.472 e. The van der Waals surface area contributed by atoms with Gasteiger partial charge in [-0.25, -0.2) is 4.57 Å². The molecule has 2 atom stereocenters. The Bertz CT molecular complexity index is 382. The van der Waals surface area contributed by atoms with Crippen molar-refractivity contribution in [3.63, 3.8) is 0 Å². The van der Waals surface area contributed by atoms with Crippen LogP contribution in [0.5, 0.6) is 0 Å². The van der Waals surface area contributed by atoms with Crippen LogP contribution >= 0.6 is 7.82 Å². The Labute approximate surface area is 194 Å². The molecule has 188 valence electrons. The fourth-order valence-electron chi connectivity index (χ4n) is 4.08. The zero-order valence-electron chi connectivity index (χ0n) is 21.4. The van der Waals surface area contributed by atoms with E-state index in [-0.39, 0.29) is 12.2 Å². The van der Waals surface area contributed by atoms with Crippen molar-refractivity contribution in [3.8, 4) is 0 Å². The molecule has 1 N–H and O–H groups in total. The Morgan fingerprint density at radius 2 is 0.839 bits per heavy atom. The van der Waals surface area contributed by atoms with Crippen LogP contribution in [0.1, 0.15) is 156 Å². The van der Waals surface area contributed by atoms with Crippen LogP contribution in [-0.4, -0.2) is 17.1 Å². The van der Waals surface area contributed by atoms with Gasteiger partial charge in [-0.3, -0.25) is 9.05 Å². The molecule has 0 aliphatic carbocycles. The number of rotatable bonds is 24. The third kappa shape index (κ3) is 20.4. The molecular formula is C26H55O4P. The first-order chi connectivity index (χ1) is 15.0. The van der Waals surface area contributed by atoms with Crippen molar-refractivity contribution in [1.29, 1.82) is 0 Å². The highest BCUT2D eigenvalue weighted by Gasteiger charge is 2.29. The van der Waals surface area contributed by atoms with Crippen LogP contribution < -0.4 is 0 Å². The molecule has 0 radical (unpaired) electrons. The van der Waals surface area contributed by atoms with Gasteiger partial charge >= 0.3 is 7.82 Å². The highest BCUT2D eigenvalue weighted by Crippen LogP contribution is 2.48. The summed E-state index contributed by atoms with van der Waals surface area (Å²) in [5, 5.41) is 0. The topological polar surface area (TPSA) is 55.8 Å². The molecule has 0 aromatic heterocycles. The first kappa shape index (κ1) is 31.1. The molecule has 0 heterocycles. The van der Waals surface area contributed by atoms with Crippen LogP contribution in [0.2, 0.25) is 0 Å². The molecule has 0 fully saturated rings. The van der Waals surface area contributed by atoms with Crippen LogP contribution in [-0.2, 0) is 13.6 Å². The van der Waals surface area contributed by atoms with Gasteiger partial charge in [0.25, 0.3) is 0 Å². The molecule has 5 heteroatoms. The Balaban J connectivity index is 3.99. The third-order valence-corrected chi connectivity index (χ3v) is 7.36. The van der Waals surface area contributed by atoms with Crippen molar-refractivity contribution in [1.82, 2.24) is 0 Å². The predicted octanol–water partition coefficient (Wildman–Crippen LogP) is 9.74. The molecule has 0 aliphatic heterocycles. The fraction of sp³-hybridized carbons (Fsp3) is 1.00. The summed E-state index contributed by atoms with van der Waals surface area (Å²) in [6.07, 6.45) is 23.0. The number of hydrogen-bond donors (Lipinski definition) is 1. The summed E-state index contributed by atoms with van der Waals surface area (Å²) in [6.45, 7) is 8.53. The minimum Gasteiger partial charge on any atom is -0.302 e. The number of hydrogen-bond acceptors (Lipinski definition) is 3. The Morgan fingerprint density at radius 3 is 1.13 bits per heavy atom. The van der Waals surface area contributed by atoms with Gasteiger partial charge in [0.1, 0.15) is 0 Å². The zero-order valence-corrected chi connectivity index (χ0v) is 22.3. The van der Waals surface area contributed by atoms with Crippen molar-refractivity contribution in [2.24, 2.45) is 0 Å². The number of unbranched alkanes of at least 4 members (excludes halogenated alkanes) is 14. The van der Waals surface area contributed by atoms with E-state index < -0.39 is 7.82 Å². The SMILES string of the molecule is CCCCCCCCCCC(CC)OP(=O)(O)OC(CC)CCCCCCCCCC. The van der Waals surface area contributed by atoms with Crippen molar-refractivity contribution < 1.29 is 18.5 Å². The average molecular weight is 463 g/mol. The summed E-state index contributed by atoms with van der Waals surface area (Å²) in [4.78, 5) is 10.3. The molecule has 0 spiro atoms. The molecule has 31 heavy (non-hydrogen) atoms. The predicted molar refractivity (Wildman–Crippen MR) is 135 cm³/mol. The molecule has 0 amide bonds. The molecule has 0 bridgehead atoms. The van der Waals surface area contributed by atoms with Gasteiger partial charge in [0.15, 0.2) is 0 Å². The van der Waals surface area contributed by atoms with Crippen molar-refractivity contribution in [2.45, 2.75) is 168 Å². The van der Waals surface area contributed by atoms with Gasteiger partial charge < -0.3 is 4.89 Å². The number of phosphoric ester groups is 1. The zero-order chi connectivity index (χ0) is 23.2. The van der Waals surface area contributed by atoms with Gasteiger partial charge in [0.05, 0.1) is 12.2 Å². The van der Waals surface area contributed by atoms with Gasteiger partial charge in [-0.1, -0.05) is 130 Å². The minimum atomic E-state index is -3.99. The van der Waals surface area contributed by atoms with E-state index in [1.807, 2.05) is 13.8 Å². The van der Waals surface area contributed by atoms with E-state index in [1.54, 1.807) is 0 Å². The van der Waals surface area contributed by atoms with Crippen molar-refractivity contribution in [3.05, 3.63) is 0 Å². The molecule has 0 saturated heterocycles. The van der Waals surface area contributed by atoms with Crippen LogP contribution in [0.15, 0.2) is 0 Å². The first-order valence-electron chi connectivity index (χ1n) is 13.7. The average Bonchev–Trinajstić information content (AvgIpc) is 2.75. The lowest BCUT2D eigenvalue weighted by Gasteiger charge is -2.23. The second-order valence-electron chi connectivity index (χ2n) is 9.27. The van der Waals surface area contributed by atoms with Crippen LogP contribution in [0.3, 0.4) is 0 Å². The van der Waals surface area contributed by atoms with Crippen molar-refractivity contribution in [2.75, 3.05) is 0 Å². The van der Waals surface area contributed by atoms with Crippen LogP contribution in [0, 0.1) is 0 Å². The second-order valence-corrected chi connectivity index (χ2v) is 10.6. The lowest BCUT2D eigenvalue weighted by Crippen LogP contribution is -2.16. The normalized spacial score (nSPS) is 15.6. The Kier molecular flexibility index (Phi) is 22.0. The smallest absolute Gasteiger partial charge is 0.302 e. The standard InChI is InChI=1S/C26H55O4P/c1-5-9-11-13-15-17-19-21-23-25(7-3)29-31(27,28)30-26(8-4)24-22-20-18-16-14-12-10-6-2/h25-26H,5-24H2,1-4H3,(H,27,28). The molecule has 2 unspecified atom stereocenters. The maximum absolute atomic E-state index is 12.5. The van der Waals surface area contributed by atoms with E-state index in [9.17, 15) is 9.46 Å². The van der Waals surface area contributed by atoms with Crippen molar-refractivity contribution >= 4 is 7.82 Å². The van der Waals surface area contributed by atoms with E-state index in [4.69, 9.17) is 9.05 Å². The van der Waals surface area contributed by atoms with Gasteiger partial charge in [-0.2, -0.15) is 0 Å². The maximum atomic E-state index is 12.5. The van der Waals surface area contributed by atoms with Gasteiger partial charge in [0, 0.05) is 0 Å². The third-order valence-electron chi connectivity index (χ3n) is 6.23. The fourth-order valence-corrected chi connectivity index (χ4v) is 5.39. The molecule has 0 saturated carbocycles. The molecule has 4 nitrogen and oxygen atoms in total. The van der Waals surface area contributed by atoms with Gasteiger partial charge in [-0.05, 0) is 25.7 Å². The number of phosphoric acid groups is 1. The largest absolute Gasteiger partial charge is 0.472 e. The molecule has 0 aromatic carbocycles. The molecule has 0 aliphatic rings. The summed E-state index contributed by atoms with van der Waals surface area (Å²) in [5.41, 5.74) is 0. The lowest BCUT2D eigenvalue weighted by molar-refractivity contribution is 0.0627. The highest BCUT2D eigenvalue weighted by molar-refractivity contribution is 7.47. The molecular weight excluding hydrogens is 407 g/mol. The summed E-state index contributed by atoms with van der Waals surface area (Å²) in [6, 6.07) is 0. The molecule has 0 aromatic rings. The Hall–Kier alpha value is 0.110. The second kappa shape index (κ2) is 21.9. The van der Waals surface area contributed by atoms with E-state index in [0.29, 0.717) is 0 Å². The first-order valence-corrected chi connectivity index (χ1v) is 15.2. The van der Waals surface area contributed by atoms with E-state index in [1.165, 1.54) is 89.9 Å². The highest BCUT2D eigenvalue weighted by atomic mass is 31.2. The lowest BCUT2D eigenvalue weighted by atomic mass is 10.0. The Morgan fingerprint density at radius 1 is 0.548 bits per heavy atom. The molecule has 0 rings (SSSR count). The summed E-state index contributed by atoms with van der Waals surface area (Å²) in [5.74, 6) is 0. The van der Waals surface area contributed by atoms with Crippen LogP contribution in [0.25, 0.3) is 0 Å². The van der Waals surface area contributed by atoms with E-state index >= 15 is 0 Å².